The van der Waals surface area contributed by atoms with Crippen molar-refractivity contribution in [1.29, 1.82) is 0 Å². The Kier molecular flexibility index (Phi) is 4.19. The first kappa shape index (κ1) is 13.3. The van der Waals surface area contributed by atoms with Gasteiger partial charge in [0.2, 0.25) is 10.0 Å². The summed E-state index contributed by atoms with van der Waals surface area (Å²) < 4.78 is 27.1. The first-order chi connectivity index (χ1) is 8.59. The fraction of sp³-hybridized carbons (Fsp3) is 0.429. The van der Waals surface area contributed by atoms with Crippen LogP contribution in [-0.4, -0.2) is 15.0 Å². The molecule has 1 aliphatic rings. The Bertz CT molecular complexity index is 534. The highest BCUT2D eigenvalue weighted by atomic mass is 32.2. The lowest BCUT2D eigenvalue weighted by molar-refractivity contribution is 0.468. The molecule has 1 aliphatic carbocycles. The highest BCUT2D eigenvalue weighted by Crippen LogP contribution is 2.19. The van der Waals surface area contributed by atoms with Gasteiger partial charge in [0.25, 0.3) is 0 Å². The van der Waals surface area contributed by atoms with Gasteiger partial charge in [-0.2, -0.15) is 0 Å². The molecule has 0 saturated carbocycles. The van der Waals surface area contributed by atoms with Crippen molar-refractivity contribution in [2.75, 3.05) is 6.54 Å². The van der Waals surface area contributed by atoms with Gasteiger partial charge in [0.1, 0.15) is 0 Å². The maximum atomic E-state index is 12.2. The molecule has 1 aromatic carbocycles. The zero-order valence-electron chi connectivity index (χ0n) is 10.6. The van der Waals surface area contributed by atoms with Crippen molar-refractivity contribution in [2.24, 2.45) is 5.92 Å². The van der Waals surface area contributed by atoms with E-state index in [4.69, 9.17) is 0 Å². The van der Waals surface area contributed by atoms with Crippen molar-refractivity contribution in [2.45, 2.75) is 31.1 Å². The topological polar surface area (TPSA) is 46.2 Å². The maximum Gasteiger partial charge on any atom is 0.240 e. The Morgan fingerprint density at radius 3 is 2.72 bits per heavy atom. The number of hydrogen-bond acceptors (Lipinski definition) is 2. The molecule has 0 bridgehead atoms. The average molecular weight is 265 g/mol. The fourth-order valence-corrected chi connectivity index (χ4v) is 3.57. The van der Waals surface area contributed by atoms with Crippen molar-refractivity contribution in [3.8, 4) is 0 Å². The molecule has 0 saturated heterocycles. The first-order valence-corrected chi connectivity index (χ1v) is 7.78. The number of sulfonamides is 1. The number of hydrogen-bond donors (Lipinski definition) is 1. The quantitative estimate of drug-likeness (QED) is 0.851. The minimum atomic E-state index is -3.36. The van der Waals surface area contributed by atoms with Crippen LogP contribution in [-0.2, 0) is 10.0 Å². The van der Waals surface area contributed by atoms with Crippen LogP contribution >= 0.6 is 0 Å². The van der Waals surface area contributed by atoms with Crippen LogP contribution in [0.2, 0.25) is 0 Å². The molecule has 0 fully saturated rings. The normalized spacial score (nSPS) is 19.9. The number of allylic oxidation sites excluding steroid dienone is 2. The fourth-order valence-electron chi connectivity index (χ4n) is 2.20. The zero-order chi connectivity index (χ0) is 13.0. The van der Waals surface area contributed by atoms with Gasteiger partial charge in [0, 0.05) is 6.54 Å². The van der Waals surface area contributed by atoms with Crippen LogP contribution < -0.4 is 4.72 Å². The molecule has 1 atom stereocenters. The minimum absolute atomic E-state index is 0.386. The molecule has 1 aromatic rings. The van der Waals surface area contributed by atoms with Crippen molar-refractivity contribution in [3.05, 3.63) is 42.0 Å². The third-order valence-electron chi connectivity index (χ3n) is 3.32. The predicted octanol–water partition coefficient (Wildman–Crippen LogP) is 2.63. The second-order valence-corrected chi connectivity index (χ2v) is 6.50. The van der Waals surface area contributed by atoms with Crippen LogP contribution in [0.5, 0.6) is 0 Å². The molecule has 0 radical (unpaired) electrons. The van der Waals surface area contributed by atoms with Gasteiger partial charge in [0.15, 0.2) is 0 Å². The summed E-state index contributed by atoms with van der Waals surface area (Å²) >= 11 is 0. The van der Waals surface area contributed by atoms with Gasteiger partial charge in [-0.25, -0.2) is 13.1 Å². The summed E-state index contributed by atoms with van der Waals surface area (Å²) in [6.07, 6.45) is 7.38. The molecule has 0 spiro atoms. The van der Waals surface area contributed by atoms with E-state index in [0.29, 0.717) is 17.4 Å². The predicted molar refractivity (Wildman–Crippen MR) is 72.8 cm³/mol. The summed E-state index contributed by atoms with van der Waals surface area (Å²) in [5.74, 6) is 0.425. The largest absolute Gasteiger partial charge is 0.240 e. The van der Waals surface area contributed by atoms with Gasteiger partial charge in [-0.1, -0.05) is 30.4 Å². The van der Waals surface area contributed by atoms with E-state index in [9.17, 15) is 8.42 Å². The van der Waals surface area contributed by atoms with Crippen molar-refractivity contribution in [1.82, 2.24) is 4.72 Å². The molecule has 2 rings (SSSR count). The third-order valence-corrected chi connectivity index (χ3v) is 4.91. The Hall–Kier alpha value is -1.13. The van der Waals surface area contributed by atoms with E-state index < -0.39 is 10.0 Å². The summed E-state index contributed by atoms with van der Waals surface area (Å²) in [7, 11) is -3.36. The molecule has 0 aliphatic heterocycles. The Labute approximate surface area is 109 Å². The highest BCUT2D eigenvalue weighted by molar-refractivity contribution is 7.89. The van der Waals surface area contributed by atoms with Gasteiger partial charge in [0.05, 0.1) is 4.90 Å². The van der Waals surface area contributed by atoms with E-state index in [1.54, 1.807) is 12.1 Å². The number of aryl methyl sites for hydroxylation is 1. The smallest absolute Gasteiger partial charge is 0.211 e. The lowest BCUT2D eigenvalue weighted by Gasteiger charge is -2.18. The third kappa shape index (κ3) is 3.21. The molecule has 18 heavy (non-hydrogen) atoms. The van der Waals surface area contributed by atoms with Gasteiger partial charge in [-0.05, 0) is 43.7 Å². The molecule has 4 heteroatoms. The molecule has 1 N–H and O–H groups in total. The number of nitrogens with one attached hydrogen (secondary N) is 1. The molecule has 0 amide bonds. The van der Waals surface area contributed by atoms with E-state index in [0.717, 1.165) is 24.8 Å². The van der Waals surface area contributed by atoms with Crippen LogP contribution in [0.3, 0.4) is 0 Å². The SMILES string of the molecule is Cc1ccccc1S(=O)(=O)NCC1CC=CCC1. The number of benzene rings is 1. The van der Waals surface area contributed by atoms with E-state index in [1.165, 1.54) is 0 Å². The Morgan fingerprint density at radius 2 is 2.06 bits per heavy atom. The van der Waals surface area contributed by atoms with Gasteiger partial charge < -0.3 is 0 Å². The van der Waals surface area contributed by atoms with Crippen molar-refractivity contribution in [3.63, 3.8) is 0 Å². The standard InChI is InChI=1S/C14H19NO2S/c1-12-7-5-6-10-14(12)18(16,17)15-11-13-8-3-2-4-9-13/h2-3,5-7,10,13,15H,4,8-9,11H2,1H3. The summed E-state index contributed by atoms with van der Waals surface area (Å²) in [5, 5.41) is 0. The first-order valence-electron chi connectivity index (χ1n) is 6.30. The summed E-state index contributed by atoms with van der Waals surface area (Å²) in [5.41, 5.74) is 0.786. The Balaban J connectivity index is 2.04. The van der Waals surface area contributed by atoms with Gasteiger partial charge >= 0.3 is 0 Å². The van der Waals surface area contributed by atoms with E-state index >= 15 is 0 Å². The molecule has 0 aromatic heterocycles. The van der Waals surface area contributed by atoms with Crippen LogP contribution in [0.4, 0.5) is 0 Å². The second kappa shape index (κ2) is 5.67. The van der Waals surface area contributed by atoms with Crippen LogP contribution in [0, 0.1) is 12.8 Å². The molecule has 3 nitrogen and oxygen atoms in total. The molecule has 98 valence electrons. The maximum absolute atomic E-state index is 12.2. The molecule has 1 unspecified atom stereocenters. The lowest BCUT2D eigenvalue weighted by Crippen LogP contribution is -2.30. The van der Waals surface area contributed by atoms with Crippen LogP contribution in [0.15, 0.2) is 41.3 Å². The number of rotatable bonds is 4. The van der Waals surface area contributed by atoms with E-state index in [1.807, 2.05) is 19.1 Å². The highest BCUT2D eigenvalue weighted by Gasteiger charge is 2.18. The van der Waals surface area contributed by atoms with Crippen molar-refractivity contribution >= 4 is 10.0 Å². The molecular formula is C14H19NO2S. The summed E-state index contributed by atoms with van der Waals surface area (Å²) in [4.78, 5) is 0.386. The van der Waals surface area contributed by atoms with Crippen LogP contribution in [0.1, 0.15) is 24.8 Å². The van der Waals surface area contributed by atoms with E-state index in [-0.39, 0.29) is 0 Å². The van der Waals surface area contributed by atoms with Gasteiger partial charge in [-0.3, -0.25) is 0 Å². The molecular weight excluding hydrogens is 246 g/mol. The van der Waals surface area contributed by atoms with E-state index in [2.05, 4.69) is 16.9 Å². The van der Waals surface area contributed by atoms with Crippen LogP contribution in [0.25, 0.3) is 0 Å². The summed E-state index contributed by atoms with van der Waals surface area (Å²) in [6.45, 7) is 2.35. The average Bonchev–Trinajstić information content (AvgIpc) is 2.38. The monoisotopic (exact) mass is 265 g/mol. The molecule has 0 heterocycles. The minimum Gasteiger partial charge on any atom is -0.211 e. The zero-order valence-corrected chi connectivity index (χ0v) is 11.4. The van der Waals surface area contributed by atoms with Crippen molar-refractivity contribution < 1.29 is 8.42 Å². The Morgan fingerprint density at radius 1 is 1.28 bits per heavy atom. The van der Waals surface area contributed by atoms with Gasteiger partial charge in [-0.15, -0.1) is 0 Å². The summed E-state index contributed by atoms with van der Waals surface area (Å²) in [6, 6.07) is 7.07. The second-order valence-electron chi connectivity index (χ2n) is 4.77. The lowest BCUT2D eigenvalue weighted by atomic mass is 9.95.